The van der Waals surface area contributed by atoms with Gasteiger partial charge in [0.05, 0.1) is 23.4 Å². The van der Waals surface area contributed by atoms with Crippen LogP contribution in [0.25, 0.3) is 0 Å². The molecule has 0 aliphatic carbocycles. The second-order valence-corrected chi connectivity index (χ2v) is 8.94. The molecule has 1 aliphatic rings. The summed E-state index contributed by atoms with van der Waals surface area (Å²) in [6.45, 7) is 4.30. The van der Waals surface area contributed by atoms with Crippen molar-refractivity contribution in [2.45, 2.75) is 38.0 Å². The Morgan fingerprint density at radius 3 is 2.68 bits per heavy atom. The van der Waals surface area contributed by atoms with Gasteiger partial charge in [-0.2, -0.15) is 0 Å². The summed E-state index contributed by atoms with van der Waals surface area (Å²) in [7, 11) is -2.88. The van der Waals surface area contributed by atoms with Gasteiger partial charge in [0.15, 0.2) is 9.84 Å². The van der Waals surface area contributed by atoms with E-state index in [0.717, 1.165) is 0 Å². The predicted octanol–water partition coefficient (Wildman–Crippen LogP) is 0.430. The molecule has 7 heteroatoms. The first-order valence-corrected chi connectivity index (χ1v) is 9.42. The van der Waals surface area contributed by atoms with Gasteiger partial charge in [-0.1, -0.05) is 13.8 Å². The monoisotopic (exact) mass is 309 g/mol. The van der Waals surface area contributed by atoms with Crippen molar-refractivity contribution in [1.29, 1.82) is 0 Å². The lowest BCUT2D eigenvalue weighted by Gasteiger charge is -2.14. The molecule has 1 heterocycles. The molecule has 0 bridgehead atoms. The molecule has 2 N–H and O–H groups in total. The minimum Gasteiger partial charge on any atom is -0.391 e. The Labute approximate surface area is 119 Å². The van der Waals surface area contributed by atoms with Crippen molar-refractivity contribution in [3.8, 4) is 0 Å². The van der Waals surface area contributed by atoms with Crippen LogP contribution in [0.2, 0.25) is 0 Å². The first-order valence-electron chi connectivity index (χ1n) is 6.55. The molecular formula is C12H23NO4S2. The first-order chi connectivity index (χ1) is 8.78. The third kappa shape index (κ3) is 7.17. The molecule has 0 spiro atoms. The van der Waals surface area contributed by atoms with Gasteiger partial charge in [-0.05, 0) is 18.8 Å². The molecule has 0 aromatic heterocycles. The van der Waals surface area contributed by atoms with Gasteiger partial charge in [-0.3, -0.25) is 4.79 Å². The van der Waals surface area contributed by atoms with E-state index in [-0.39, 0.29) is 35.0 Å². The van der Waals surface area contributed by atoms with Crippen LogP contribution in [0.4, 0.5) is 0 Å². The van der Waals surface area contributed by atoms with Crippen molar-refractivity contribution in [1.82, 2.24) is 5.32 Å². The second kappa shape index (κ2) is 7.50. The van der Waals surface area contributed by atoms with Gasteiger partial charge in [-0.15, -0.1) is 11.8 Å². The van der Waals surface area contributed by atoms with Crippen LogP contribution < -0.4 is 5.32 Å². The summed E-state index contributed by atoms with van der Waals surface area (Å²) >= 11 is 1.39. The van der Waals surface area contributed by atoms with Crippen LogP contribution in [-0.2, 0) is 14.6 Å². The maximum Gasteiger partial charge on any atom is 0.230 e. The highest BCUT2D eigenvalue weighted by Gasteiger charge is 2.28. The zero-order chi connectivity index (χ0) is 14.5. The summed E-state index contributed by atoms with van der Waals surface area (Å²) in [5.41, 5.74) is 0. The molecular weight excluding hydrogens is 286 g/mol. The highest BCUT2D eigenvalue weighted by Crippen LogP contribution is 2.23. The largest absolute Gasteiger partial charge is 0.391 e. The summed E-state index contributed by atoms with van der Waals surface area (Å²) in [5.74, 6) is 0.927. The van der Waals surface area contributed by atoms with E-state index in [9.17, 15) is 18.3 Å². The number of amides is 1. The normalized spacial score (nSPS) is 23.5. The molecule has 1 saturated heterocycles. The molecule has 0 aromatic carbocycles. The number of aliphatic hydroxyl groups is 1. The average molecular weight is 309 g/mol. The van der Waals surface area contributed by atoms with Gasteiger partial charge in [0, 0.05) is 11.8 Å². The quantitative estimate of drug-likeness (QED) is 0.712. The van der Waals surface area contributed by atoms with Gasteiger partial charge in [0.25, 0.3) is 0 Å². The number of nitrogens with one attached hydrogen (secondary N) is 1. The number of aliphatic hydroxyl groups excluding tert-OH is 1. The van der Waals surface area contributed by atoms with Crippen LogP contribution in [0, 0.1) is 5.92 Å². The van der Waals surface area contributed by atoms with E-state index in [1.54, 1.807) is 0 Å². The molecule has 2 atom stereocenters. The Hall–Kier alpha value is -0.270. The zero-order valence-electron chi connectivity index (χ0n) is 11.5. The van der Waals surface area contributed by atoms with Crippen molar-refractivity contribution < 1.29 is 18.3 Å². The van der Waals surface area contributed by atoms with Crippen molar-refractivity contribution in [2.75, 3.05) is 23.8 Å². The lowest BCUT2D eigenvalue weighted by molar-refractivity contribution is -0.119. The number of rotatable bonds is 7. The lowest BCUT2D eigenvalue weighted by atomic mass is 10.1. The third-order valence-electron chi connectivity index (χ3n) is 2.92. The maximum atomic E-state index is 11.6. The number of sulfone groups is 1. The predicted molar refractivity (Wildman–Crippen MR) is 78.0 cm³/mol. The van der Waals surface area contributed by atoms with E-state index in [1.807, 2.05) is 13.8 Å². The molecule has 1 rings (SSSR count). The minimum absolute atomic E-state index is 0.0383. The van der Waals surface area contributed by atoms with Crippen molar-refractivity contribution in [2.24, 2.45) is 5.92 Å². The Bertz CT molecular complexity index is 395. The molecule has 19 heavy (non-hydrogen) atoms. The molecule has 1 amide bonds. The summed E-state index contributed by atoms with van der Waals surface area (Å²) in [6, 6.07) is 0. The van der Waals surface area contributed by atoms with E-state index in [2.05, 4.69) is 5.32 Å². The summed E-state index contributed by atoms with van der Waals surface area (Å²) < 4.78 is 22.5. The van der Waals surface area contributed by atoms with Crippen LogP contribution in [0.1, 0.15) is 26.7 Å². The van der Waals surface area contributed by atoms with Crippen molar-refractivity contribution >= 4 is 27.5 Å². The fourth-order valence-electron chi connectivity index (χ4n) is 2.00. The Morgan fingerprint density at radius 1 is 1.47 bits per heavy atom. The molecule has 1 aliphatic heterocycles. The highest BCUT2D eigenvalue weighted by atomic mass is 32.2. The molecule has 2 unspecified atom stereocenters. The van der Waals surface area contributed by atoms with Gasteiger partial charge in [-0.25, -0.2) is 8.42 Å². The third-order valence-corrected chi connectivity index (χ3v) is 6.20. The van der Waals surface area contributed by atoms with Crippen molar-refractivity contribution in [3.63, 3.8) is 0 Å². The van der Waals surface area contributed by atoms with E-state index < -0.39 is 15.9 Å². The van der Waals surface area contributed by atoms with Gasteiger partial charge in [0.1, 0.15) is 0 Å². The molecule has 112 valence electrons. The SMILES string of the molecule is CC(C)CC(O)CNC(=O)CSC1CCS(=O)(=O)C1. The van der Waals surface area contributed by atoms with E-state index in [4.69, 9.17) is 0 Å². The van der Waals surface area contributed by atoms with Crippen molar-refractivity contribution in [3.05, 3.63) is 0 Å². The van der Waals surface area contributed by atoms with Crippen LogP contribution >= 0.6 is 11.8 Å². The number of hydrogen-bond donors (Lipinski definition) is 2. The van der Waals surface area contributed by atoms with E-state index in [0.29, 0.717) is 18.8 Å². The van der Waals surface area contributed by atoms with Crippen LogP contribution in [0.3, 0.4) is 0 Å². The summed E-state index contributed by atoms with van der Waals surface area (Å²) in [5, 5.41) is 12.3. The fourth-order valence-corrected chi connectivity index (χ4v) is 5.47. The highest BCUT2D eigenvalue weighted by molar-refractivity contribution is 8.02. The molecule has 5 nitrogen and oxygen atoms in total. The Kier molecular flexibility index (Phi) is 6.62. The molecule has 1 fully saturated rings. The summed E-state index contributed by atoms with van der Waals surface area (Å²) in [4.78, 5) is 11.6. The lowest BCUT2D eigenvalue weighted by Crippen LogP contribution is -2.34. The van der Waals surface area contributed by atoms with Gasteiger partial charge >= 0.3 is 0 Å². The van der Waals surface area contributed by atoms with Gasteiger partial charge in [0.2, 0.25) is 5.91 Å². The second-order valence-electron chi connectivity index (χ2n) is 5.42. The Morgan fingerprint density at radius 2 is 2.16 bits per heavy atom. The summed E-state index contributed by atoms with van der Waals surface area (Å²) in [6.07, 6.45) is 0.783. The standard InChI is InChI=1S/C12H23NO4S2/c1-9(2)5-10(14)6-13-12(15)7-18-11-3-4-19(16,17)8-11/h9-11,14H,3-8H2,1-2H3,(H,13,15). The number of carbonyl (C=O) groups excluding carboxylic acids is 1. The van der Waals surface area contributed by atoms with Gasteiger partial charge < -0.3 is 10.4 Å². The van der Waals surface area contributed by atoms with E-state index >= 15 is 0 Å². The number of carbonyl (C=O) groups is 1. The minimum atomic E-state index is -2.88. The average Bonchev–Trinajstić information content (AvgIpc) is 2.63. The molecule has 0 radical (unpaired) electrons. The molecule has 0 aromatic rings. The smallest absolute Gasteiger partial charge is 0.230 e. The first kappa shape index (κ1) is 16.8. The van der Waals surface area contributed by atoms with Crippen LogP contribution in [0.5, 0.6) is 0 Å². The molecule has 0 saturated carbocycles. The Balaban J connectivity index is 2.15. The topological polar surface area (TPSA) is 83.5 Å². The van der Waals surface area contributed by atoms with Crippen LogP contribution in [-0.4, -0.2) is 54.6 Å². The number of hydrogen-bond acceptors (Lipinski definition) is 5. The zero-order valence-corrected chi connectivity index (χ0v) is 13.1. The maximum absolute atomic E-state index is 11.6. The number of thioether (sulfide) groups is 1. The fraction of sp³-hybridized carbons (Fsp3) is 0.917. The van der Waals surface area contributed by atoms with E-state index in [1.165, 1.54) is 11.8 Å². The van der Waals surface area contributed by atoms with Crippen LogP contribution in [0.15, 0.2) is 0 Å².